The van der Waals surface area contributed by atoms with Gasteiger partial charge in [0.05, 0.1) is 12.0 Å². The molecule has 19 heavy (non-hydrogen) atoms. The molecule has 1 aromatic carbocycles. The van der Waals surface area contributed by atoms with Crippen LogP contribution < -0.4 is 0 Å². The summed E-state index contributed by atoms with van der Waals surface area (Å²) in [6, 6.07) is 3.26. The summed E-state index contributed by atoms with van der Waals surface area (Å²) < 4.78 is 51.6. The van der Waals surface area contributed by atoms with Crippen LogP contribution in [0.25, 0.3) is 0 Å². The van der Waals surface area contributed by atoms with Crippen molar-refractivity contribution in [3.8, 4) is 6.07 Å². The average molecular weight is 353 g/mol. The van der Waals surface area contributed by atoms with Crippen molar-refractivity contribution in [3.63, 3.8) is 0 Å². The lowest BCUT2D eigenvalue weighted by molar-refractivity contribution is 0.433. The molecule has 0 heterocycles. The van der Waals surface area contributed by atoms with Gasteiger partial charge in [0.1, 0.15) is 16.5 Å². The Kier molecular flexibility index (Phi) is 5.01. The van der Waals surface area contributed by atoms with Gasteiger partial charge >= 0.3 is 0 Å². The molecule has 0 aliphatic heterocycles. The minimum Gasteiger partial charge on any atom is -0.207 e. The first-order valence-corrected chi connectivity index (χ1v) is 7.44. The molecular weight excluding hydrogens is 342 g/mol. The van der Waals surface area contributed by atoms with Crippen LogP contribution in [0.15, 0.2) is 21.5 Å². The standard InChI is InChI=1S/C11H11BrF2N2O2S/c1-7(5-15)6-16(2)19(17,18)11-9(12)3-8(13)4-10(11)14/h3-4,7H,6H2,1-2H3. The third-order valence-corrected chi connectivity index (χ3v) is 5.17. The molecule has 0 aliphatic carbocycles. The highest BCUT2D eigenvalue weighted by atomic mass is 79.9. The first kappa shape index (κ1) is 16.0. The fourth-order valence-electron chi connectivity index (χ4n) is 1.46. The summed E-state index contributed by atoms with van der Waals surface area (Å²) in [5, 5.41) is 8.66. The molecule has 1 aromatic rings. The fourth-order valence-corrected chi connectivity index (χ4v) is 3.82. The van der Waals surface area contributed by atoms with Crippen LogP contribution in [0, 0.1) is 28.9 Å². The van der Waals surface area contributed by atoms with Crippen molar-refractivity contribution in [2.24, 2.45) is 5.92 Å². The van der Waals surface area contributed by atoms with Gasteiger partial charge in [-0.1, -0.05) is 0 Å². The maximum Gasteiger partial charge on any atom is 0.246 e. The minimum absolute atomic E-state index is 0.0813. The van der Waals surface area contributed by atoms with E-state index in [9.17, 15) is 17.2 Å². The van der Waals surface area contributed by atoms with Crippen LogP contribution in [0.1, 0.15) is 6.92 Å². The Morgan fingerprint density at radius 3 is 2.53 bits per heavy atom. The number of nitriles is 1. The lowest BCUT2D eigenvalue weighted by Gasteiger charge is -2.19. The van der Waals surface area contributed by atoms with Gasteiger partial charge in [-0.3, -0.25) is 0 Å². The highest BCUT2D eigenvalue weighted by Gasteiger charge is 2.28. The molecule has 0 spiro atoms. The van der Waals surface area contributed by atoms with Gasteiger partial charge in [-0.25, -0.2) is 17.2 Å². The van der Waals surface area contributed by atoms with Crippen LogP contribution in [-0.2, 0) is 10.0 Å². The number of rotatable bonds is 4. The second kappa shape index (κ2) is 5.94. The Hall–Kier alpha value is -1.04. The molecule has 1 atom stereocenters. The molecule has 0 amide bonds. The van der Waals surface area contributed by atoms with Crippen molar-refractivity contribution in [3.05, 3.63) is 28.2 Å². The van der Waals surface area contributed by atoms with Gasteiger partial charge in [-0.15, -0.1) is 0 Å². The summed E-state index contributed by atoms with van der Waals surface area (Å²) in [5.74, 6) is -2.60. The molecular formula is C11H11BrF2N2O2S. The molecule has 1 unspecified atom stereocenters. The van der Waals surface area contributed by atoms with E-state index in [1.165, 1.54) is 7.05 Å². The molecule has 0 bridgehead atoms. The van der Waals surface area contributed by atoms with E-state index in [0.717, 1.165) is 10.4 Å². The Labute approximate surface area is 118 Å². The Morgan fingerprint density at radius 2 is 2.05 bits per heavy atom. The quantitative estimate of drug-likeness (QED) is 0.836. The largest absolute Gasteiger partial charge is 0.246 e. The van der Waals surface area contributed by atoms with Crippen molar-refractivity contribution in [1.82, 2.24) is 4.31 Å². The van der Waals surface area contributed by atoms with Gasteiger partial charge in [0.2, 0.25) is 10.0 Å². The Balaban J connectivity index is 3.25. The van der Waals surface area contributed by atoms with E-state index < -0.39 is 32.5 Å². The van der Waals surface area contributed by atoms with Gasteiger partial charge in [-0.2, -0.15) is 9.57 Å². The molecule has 0 aliphatic rings. The van der Waals surface area contributed by atoms with Crippen molar-refractivity contribution < 1.29 is 17.2 Å². The van der Waals surface area contributed by atoms with Crippen molar-refractivity contribution in [2.75, 3.05) is 13.6 Å². The zero-order valence-electron chi connectivity index (χ0n) is 10.2. The van der Waals surface area contributed by atoms with Gasteiger partial charge < -0.3 is 0 Å². The molecule has 0 aromatic heterocycles. The van der Waals surface area contributed by atoms with Crippen LogP contribution in [0.3, 0.4) is 0 Å². The van der Waals surface area contributed by atoms with E-state index in [1.54, 1.807) is 6.92 Å². The summed E-state index contributed by atoms with van der Waals surface area (Å²) >= 11 is 2.83. The summed E-state index contributed by atoms with van der Waals surface area (Å²) in [5.41, 5.74) is 0. The summed E-state index contributed by atoms with van der Waals surface area (Å²) in [7, 11) is -2.89. The van der Waals surface area contributed by atoms with Gasteiger partial charge in [-0.05, 0) is 28.9 Å². The number of halogens is 3. The molecule has 0 N–H and O–H groups in total. The van der Waals surface area contributed by atoms with Gasteiger partial charge in [0.15, 0.2) is 0 Å². The zero-order chi connectivity index (χ0) is 14.8. The monoisotopic (exact) mass is 352 g/mol. The molecule has 1 rings (SSSR count). The van der Waals surface area contributed by atoms with Gasteiger partial charge in [0.25, 0.3) is 0 Å². The summed E-state index contributed by atoms with van der Waals surface area (Å²) in [6.07, 6.45) is 0. The average Bonchev–Trinajstić information content (AvgIpc) is 2.26. The SMILES string of the molecule is CC(C#N)CN(C)S(=O)(=O)c1c(F)cc(F)cc1Br. The van der Waals surface area contributed by atoms with Crippen LogP contribution in [0.2, 0.25) is 0 Å². The van der Waals surface area contributed by atoms with Gasteiger partial charge in [0, 0.05) is 24.1 Å². The van der Waals surface area contributed by atoms with E-state index in [-0.39, 0.29) is 11.0 Å². The van der Waals surface area contributed by atoms with Crippen molar-refractivity contribution in [2.45, 2.75) is 11.8 Å². The van der Waals surface area contributed by atoms with Crippen LogP contribution in [-0.4, -0.2) is 26.3 Å². The molecule has 0 fully saturated rings. The first-order chi connectivity index (χ1) is 8.70. The molecule has 104 valence electrons. The van der Waals surface area contributed by atoms with E-state index >= 15 is 0 Å². The van der Waals surface area contributed by atoms with Crippen molar-refractivity contribution in [1.29, 1.82) is 5.26 Å². The van der Waals surface area contributed by atoms with Crippen molar-refractivity contribution >= 4 is 26.0 Å². The smallest absolute Gasteiger partial charge is 0.207 e. The second-order valence-electron chi connectivity index (χ2n) is 4.01. The first-order valence-electron chi connectivity index (χ1n) is 5.20. The third kappa shape index (κ3) is 3.49. The lowest BCUT2D eigenvalue weighted by atomic mass is 10.2. The topological polar surface area (TPSA) is 61.2 Å². The van der Waals surface area contributed by atoms with E-state index in [1.807, 2.05) is 6.07 Å². The molecule has 4 nitrogen and oxygen atoms in total. The maximum absolute atomic E-state index is 13.6. The van der Waals surface area contributed by atoms with E-state index in [4.69, 9.17) is 5.26 Å². The fraction of sp³-hybridized carbons (Fsp3) is 0.364. The normalized spacial score (nSPS) is 13.3. The second-order valence-corrected chi connectivity index (χ2v) is 6.85. The number of hydrogen-bond donors (Lipinski definition) is 0. The number of hydrogen-bond acceptors (Lipinski definition) is 3. The highest BCUT2D eigenvalue weighted by molar-refractivity contribution is 9.10. The highest BCUT2D eigenvalue weighted by Crippen LogP contribution is 2.28. The van der Waals surface area contributed by atoms with Crippen LogP contribution in [0.4, 0.5) is 8.78 Å². The molecule has 0 radical (unpaired) electrons. The zero-order valence-corrected chi connectivity index (χ0v) is 12.6. The minimum atomic E-state index is -4.13. The van der Waals surface area contributed by atoms with Crippen LogP contribution >= 0.6 is 15.9 Å². The predicted octanol–water partition coefficient (Wildman–Crippen LogP) is 2.51. The Bertz CT molecular complexity index is 605. The van der Waals surface area contributed by atoms with E-state index in [2.05, 4.69) is 15.9 Å². The number of nitrogens with zero attached hydrogens (tertiary/aromatic N) is 2. The van der Waals surface area contributed by atoms with Crippen LogP contribution in [0.5, 0.6) is 0 Å². The predicted molar refractivity (Wildman–Crippen MR) is 68.7 cm³/mol. The molecule has 0 saturated heterocycles. The number of sulfonamides is 1. The lowest BCUT2D eigenvalue weighted by Crippen LogP contribution is -2.31. The summed E-state index contributed by atoms with van der Waals surface area (Å²) in [6.45, 7) is 1.46. The summed E-state index contributed by atoms with van der Waals surface area (Å²) in [4.78, 5) is -0.637. The van der Waals surface area contributed by atoms with E-state index in [0.29, 0.717) is 6.07 Å². The molecule has 8 heteroatoms. The molecule has 0 saturated carbocycles. The number of benzene rings is 1. The Morgan fingerprint density at radius 1 is 1.47 bits per heavy atom. The third-order valence-electron chi connectivity index (χ3n) is 2.38. The maximum atomic E-state index is 13.6.